The van der Waals surface area contributed by atoms with Crippen molar-refractivity contribution in [3.8, 4) is 0 Å². The molecule has 2 aliphatic rings. The molecular formula is C26H29ClN8O2. The molecule has 1 saturated heterocycles. The maximum Gasteiger partial charge on any atom is 0.252 e. The van der Waals surface area contributed by atoms with E-state index >= 15 is 0 Å². The van der Waals surface area contributed by atoms with Crippen molar-refractivity contribution in [1.82, 2.24) is 31.3 Å². The van der Waals surface area contributed by atoms with E-state index in [9.17, 15) is 4.79 Å². The highest BCUT2D eigenvalue weighted by Gasteiger charge is 2.40. The number of H-pyrrole nitrogens is 1. The summed E-state index contributed by atoms with van der Waals surface area (Å²) in [4.78, 5) is 21.5. The van der Waals surface area contributed by atoms with Crippen molar-refractivity contribution >= 4 is 34.3 Å². The normalized spacial score (nSPS) is 24.2. The van der Waals surface area contributed by atoms with Gasteiger partial charge in [-0.25, -0.2) is 10.4 Å². The lowest BCUT2D eigenvalue weighted by atomic mass is 9.77. The van der Waals surface area contributed by atoms with Crippen LogP contribution in [0.15, 0.2) is 53.1 Å². The number of nitrogen functional groups attached to an aromatic ring is 1. The number of carbonyl (C=O) groups is 1. The van der Waals surface area contributed by atoms with E-state index in [4.69, 9.17) is 27.6 Å². The molecule has 2 fully saturated rings. The van der Waals surface area contributed by atoms with Crippen molar-refractivity contribution in [3.05, 3.63) is 76.3 Å². The van der Waals surface area contributed by atoms with Gasteiger partial charge in [0.25, 0.3) is 5.91 Å². The van der Waals surface area contributed by atoms with Gasteiger partial charge in [-0.3, -0.25) is 10.2 Å². The van der Waals surface area contributed by atoms with Gasteiger partial charge in [-0.05, 0) is 49.4 Å². The lowest BCUT2D eigenvalue weighted by molar-refractivity contribution is 0.0934. The van der Waals surface area contributed by atoms with Gasteiger partial charge in [-0.15, -0.1) is 0 Å². The fraction of sp³-hybridized carbons (Fsp3) is 0.346. The van der Waals surface area contributed by atoms with Gasteiger partial charge in [0.15, 0.2) is 16.6 Å². The molecule has 0 radical (unpaired) electrons. The molecule has 2 aromatic heterocycles. The average molecular weight is 521 g/mol. The molecule has 6 rings (SSSR count). The highest BCUT2D eigenvalue weighted by atomic mass is 35.5. The lowest BCUT2D eigenvalue weighted by Crippen LogP contribution is -2.39. The second-order valence-corrected chi connectivity index (χ2v) is 10.3. The molecule has 1 saturated carbocycles. The summed E-state index contributed by atoms with van der Waals surface area (Å²) in [5.41, 5.74) is 21.3. The molecule has 3 heterocycles. The molecule has 11 heteroatoms. The summed E-state index contributed by atoms with van der Waals surface area (Å²) in [5.74, 6) is 1.28. The smallest absolute Gasteiger partial charge is 0.252 e. The predicted octanol–water partition coefficient (Wildman–Crippen LogP) is 3.15. The van der Waals surface area contributed by atoms with Crippen LogP contribution in [0.4, 0.5) is 5.82 Å². The molecule has 37 heavy (non-hydrogen) atoms. The number of hydrogen-bond donors (Lipinski definition) is 6. The average Bonchev–Trinajstić information content (AvgIpc) is 3.60. The number of rotatable bonds is 6. The first kappa shape index (κ1) is 23.9. The fourth-order valence-electron chi connectivity index (χ4n) is 5.59. The number of benzene rings is 2. The van der Waals surface area contributed by atoms with Crippen LogP contribution in [0.25, 0.3) is 11.0 Å². The van der Waals surface area contributed by atoms with Crippen LogP contribution in [-0.4, -0.2) is 33.2 Å². The Kier molecular flexibility index (Phi) is 6.33. The Labute approximate surface area is 218 Å². The van der Waals surface area contributed by atoms with Crippen LogP contribution < -0.4 is 27.6 Å². The number of fused-ring (bicyclic) bond motifs is 2. The molecule has 4 aromatic rings. The largest absolute Gasteiger partial charge is 0.380 e. The Bertz CT molecular complexity index is 1420. The highest BCUT2D eigenvalue weighted by molar-refractivity contribution is 6.30. The first-order valence-corrected chi connectivity index (χ1v) is 12.9. The predicted molar refractivity (Wildman–Crippen MR) is 140 cm³/mol. The summed E-state index contributed by atoms with van der Waals surface area (Å²) in [7, 11) is 0. The van der Waals surface area contributed by atoms with Gasteiger partial charge >= 0.3 is 0 Å². The van der Waals surface area contributed by atoms with E-state index in [2.05, 4.69) is 31.3 Å². The summed E-state index contributed by atoms with van der Waals surface area (Å²) < 4.78 is 5.24. The molecule has 8 N–H and O–H groups in total. The van der Waals surface area contributed by atoms with Crippen LogP contribution in [-0.2, 0) is 6.42 Å². The number of aromatic nitrogens is 3. The Morgan fingerprint density at radius 3 is 2.86 bits per heavy atom. The molecule has 0 spiro atoms. The monoisotopic (exact) mass is 520 g/mol. The Hall–Kier alpha value is -3.44. The zero-order valence-electron chi connectivity index (χ0n) is 20.1. The molecule has 4 unspecified atom stereocenters. The van der Waals surface area contributed by atoms with Crippen LogP contribution in [0.1, 0.15) is 58.7 Å². The second kappa shape index (κ2) is 9.79. The molecule has 1 amide bonds. The van der Waals surface area contributed by atoms with Crippen LogP contribution >= 0.6 is 11.6 Å². The Morgan fingerprint density at radius 2 is 2.03 bits per heavy atom. The maximum absolute atomic E-state index is 13.3. The summed E-state index contributed by atoms with van der Waals surface area (Å²) in [6.07, 6.45) is 3.39. The molecule has 2 aromatic carbocycles. The van der Waals surface area contributed by atoms with Crippen molar-refractivity contribution in [2.75, 3.05) is 5.73 Å². The zero-order chi connectivity index (χ0) is 25.5. The zero-order valence-corrected chi connectivity index (χ0v) is 20.8. The summed E-state index contributed by atoms with van der Waals surface area (Å²) >= 11 is 6.67. The van der Waals surface area contributed by atoms with Gasteiger partial charge in [0, 0.05) is 23.4 Å². The number of hydrazine groups is 1. The van der Waals surface area contributed by atoms with E-state index in [1.807, 2.05) is 30.3 Å². The maximum atomic E-state index is 13.3. The number of anilines is 1. The number of imidazole rings is 1. The SMILES string of the molecule is Nc1noc2cc(C(=O)N[C@@H](Cc3ccccc3)c3nc(Cl)c(C4CCC5C(N)NNC5C4)[nH]3)ccc12. The number of nitrogens with one attached hydrogen (secondary N) is 4. The van der Waals surface area contributed by atoms with Crippen LogP contribution in [0.5, 0.6) is 0 Å². The van der Waals surface area contributed by atoms with Crippen LogP contribution in [0, 0.1) is 5.92 Å². The molecule has 1 aliphatic heterocycles. The van der Waals surface area contributed by atoms with E-state index in [0.717, 1.165) is 30.5 Å². The fourth-order valence-corrected chi connectivity index (χ4v) is 5.88. The highest BCUT2D eigenvalue weighted by Crippen LogP contribution is 2.40. The minimum atomic E-state index is -0.423. The third-order valence-corrected chi connectivity index (χ3v) is 7.88. The number of amides is 1. The first-order valence-electron chi connectivity index (χ1n) is 12.5. The van der Waals surface area contributed by atoms with Crippen molar-refractivity contribution in [2.45, 2.75) is 49.9 Å². The minimum Gasteiger partial charge on any atom is -0.380 e. The van der Waals surface area contributed by atoms with E-state index in [1.54, 1.807) is 18.2 Å². The quantitative estimate of drug-likeness (QED) is 0.226. The summed E-state index contributed by atoms with van der Waals surface area (Å²) in [5, 5.41) is 8.01. The number of aromatic amines is 1. The van der Waals surface area contributed by atoms with Gasteiger partial charge in [0.05, 0.1) is 23.3 Å². The Morgan fingerprint density at radius 1 is 1.19 bits per heavy atom. The van der Waals surface area contributed by atoms with Gasteiger partial charge in [-0.2, -0.15) is 0 Å². The minimum absolute atomic E-state index is 0.0307. The van der Waals surface area contributed by atoms with Crippen molar-refractivity contribution in [3.63, 3.8) is 0 Å². The third kappa shape index (κ3) is 4.69. The number of halogens is 1. The molecule has 0 bridgehead atoms. The van der Waals surface area contributed by atoms with E-state index in [1.165, 1.54) is 0 Å². The van der Waals surface area contributed by atoms with Crippen LogP contribution in [0.3, 0.4) is 0 Å². The third-order valence-electron chi connectivity index (χ3n) is 7.59. The molecule has 5 atom stereocenters. The topological polar surface area (TPSA) is 160 Å². The number of nitrogens with two attached hydrogens (primary N) is 2. The van der Waals surface area contributed by atoms with Gasteiger partial charge in [-0.1, -0.05) is 47.1 Å². The number of hydrogen-bond acceptors (Lipinski definition) is 8. The van der Waals surface area contributed by atoms with E-state index < -0.39 is 6.04 Å². The van der Waals surface area contributed by atoms with Gasteiger partial charge < -0.3 is 26.3 Å². The molecule has 1 aliphatic carbocycles. The lowest BCUT2D eigenvalue weighted by Gasteiger charge is -2.31. The van der Waals surface area contributed by atoms with Crippen molar-refractivity contribution in [1.29, 1.82) is 0 Å². The summed E-state index contributed by atoms with van der Waals surface area (Å²) in [6.45, 7) is 0. The summed E-state index contributed by atoms with van der Waals surface area (Å²) in [6, 6.07) is 14.9. The number of nitrogens with zero attached hydrogens (tertiary/aromatic N) is 2. The Balaban J connectivity index is 1.26. The number of carbonyl (C=O) groups excluding carboxylic acids is 1. The van der Waals surface area contributed by atoms with Crippen LogP contribution in [0.2, 0.25) is 5.15 Å². The molecular weight excluding hydrogens is 492 g/mol. The van der Waals surface area contributed by atoms with Gasteiger partial charge in [0.2, 0.25) is 0 Å². The molecule has 10 nitrogen and oxygen atoms in total. The standard InChI is InChI=1S/C26H29ClN8O2/c27-22-21(14-6-8-16-18(11-14)33-34-23(16)28)31-25(32-22)19(10-13-4-2-1-3-5-13)30-26(36)15-7-9-17-20(12-15)37-35-24(17)29/h1-5,7,9,12,14,16,18-19,23,33-34H,6,8,10-11,28H2,(H2,29,35)(H,30,36)(H,31,32)/t14?,16?,18?,19-,23?/m0/s1. The second-order valence-electron chi connectivity index (χ2n) is 9.92. The van der Waals surface area contributed by atoms with E-state index in [0.29, 0.717) is 45.7 Å². The van der Waals surface area contributed by atoms with Crippen molar-refractivity contribution in [2.24, 2.45) is 11.7 Å². The van der Waals surface area contributed by atoms with E-state index in [-0.39, 0.29) is 24.0 Å². The van der Waals surface area contributed by atoms with Gasteiger partial charge in [0.1, 0.15) is 5.82 Å². The van der Waals surface area contributed by atoms with Crippen molar-refractivity contribution < 1.29 is 9.32 Å². The molecule has 192 valence electrons. The first-order chi connectivity index (χ1) is 18.0.